The van der Waals surface area contributed by atoms with Crippen molar-refractivity contribution in [1.29, 1.82) is 0 Å². The molecule has 0 aliphatic carbocycles. The lowest BCUT2D eigenvalue weighted by Crippen LogP contribution is -2.38. The van der Waals surface area contributed by atoms with Crippen molar-refractivity contribution in [1.82, 2.24) is 10.2 Å². The third-order valence-corrected chi connectivity index (χ3v) is 4.50. The van der Waals surface area contributed by atoms with Crippen LogP contribution in [0.1, 0.15) is 30.4 Å². The van der Waals surface area contributed by atoms with Crippen molar-refractivity contribution in [2.24, 2.45) is 0 Å². The molecular weight excluding hydrogens is 324 g/mol. The molecule has 0 fully saturated rings. The van der Waals surface area contributed by atoms with Gasteiger partial charge >= 0.3 is 0 Å². The molecule has 5 nitrogen and oxygen atoms in total. The largest absolute Gasteiger partial charge is 0.350 e. The molecule has 1 aliphatic rings. The van der Waals surface area contributed by atoms with Crippen molar-refractivity contribution >= 4 is 40.7 Å². The van der Waals surface area contributed by atoms with Crippen LogP contribution in [0.25, 0.3) is 0 Å². The quantitative estimate of drug-likeness (QED) is 0.873. The van der Waals surface area contributed by atoms with Crippen LogP contribution in [0.3, 0.4) is 0 Å². The summed E-state index contributed by atoms with van der Waals surface area (Å²) in [5.41, 5.74) is 0.542. The first-order valence-electron chi connectivity index (χ1n) is 6.56. The van der Waals surface area contributed by atoms with E-state index in [0.717, 1.165) is 4.90 Å². The van der Waals surface area contributed by atoms with Crippen molar-refractivity contribution in [3.8, 4) is 0 Å². The molecule has 0 spiro atoms. The first-order valence-corrected chi connectivity index (χ1v) is 7.82. The van der Waals surface area contributed by atoms with Gasteiger partial charge in [0.1, 0.15) is 0 Å². The number of rotatable bonds is 4. The van der Waals surface area contributed by atoms with Crippen molar-refractivity contribution in [3.05, 3.63) is 56.7 Å². The Labute approximate surface area is 135 Å². The molecule has 0 atom stereocenters. The molecule has 0 radical (unpaired) electrons. The first-order chi connectivity index (χ1) is 10.6. The van der Waals surface area contributed by atoms with Gasteiger partial charge in [0.05, 0.1) is 21.0 Å². The average Bonchev–Trinajstić information content (AvgIpc) is 3.11. The summed E-state index contributed by atoms with van der Waals surface area (Å²) in [4.78, 5) is 37.9. The lowest BCUT2D eigenvalue weighted by atomic mass is 10.1. The molecule has 0 saturated heterocycles. The van der Waals surface area contributed by atoms with E-state index in [1.807, 2.05) is 0 Å². The molecule has 0 unspecified atom stereocenters. The van der Waals surface area contributed by atoms with Crippen LogP contribution in [0.2, 0.25) is 5.02 Å². The Balaban J connectivity index is 1.65. The number of amides is 3. The zero-order valence-corrected chi connectivity index (χ0v) is 12.9. The smallest absolute Gasteiger partial charge is 0.263 e. The predicted molar refractivity (Wildman–Crippen MR) is 83.5 cm³/mol. The second-order valence-corrected chi connectivity index (χ2v) is 6.01. The highest BCUT2D eigenvalue weighted by molar-refractivity contribution is 7.12. The summed E-state index contributed by atoms with van der Waals surface area (Å²) in [6.07, 6.45) is 0. The number of carbonyl (C=O) groups excluding carboxylic acids is 3. The second-order valence-electron chi connectivity index (χ2n) is 4.66. The molecule has 1 aromatic heterocycles. The van der Waals surface area contributed by atoms with E-state index in [1.165, 1.54) is 11.3 Å². The van der Waals surface area contributed by atoms with Crippen LogP contribution < -0.4 is 5.32 Å². The molecule has 22 heavy (non-hydrogen) atoms. The fraction of sp³-hybridized carbons (Fsp3) is 0.133. The molecule has 7 heteroatoms. The molecular formula is C15H11ClN2O3S. The fourth-order valence-corrected chi connectivity index (χ4v) is 3.17. The van der Waals surface area contributed by atoms with Crippen molar-refractivity contribution in [2.75, 3.05) is 13.1 Å². The molecule has 0 saturated carbocycles. The third-order valence-electron chi connectivity index (χ3n) is 3.31. The third kappa shape index (κ3) is 2.51. The normalized spacial score (nSPS) is 13.4. The summed E-state index contributed by atoms with van der Waals surface area (Å²) in [5, 5.41) is 4.76. The number of halogens is 1. The molecule has 2 heterocycles. The van der Waals surface area contributed by atoms with Crippen LogP contribution in [-0.4, -0.2) is 35.7 Å². The summed E-state index contributed by atoms with van der Waals surface area (Å²) in [6, 6.07) is 8.28. The van der Waals surface area contributed by atoms with E-state index in [2.05, 4.69) is 5.32 Å². The van der Waals surface area contributed by atoms with Gasteiger partial charge in [-0.3, -0.25) is 19.3 Å². The van der Waals surface area contributed by atoms with E-state index in [0.29, 0.717) is 10.4 Å². The number of nitrogens with one attached hydrogen (secondary N) is 1. The van der Waals surface area contributed by atoms with E-state index < -0.39 is 5.91 Å². The maximum Gasteiger partial charge on any atom is 0.263 e. The maximum atomic E-state index is 12.2. The number of carbonyl (C=O) groups is 3. The Hall–Kier alpha value is -2.18. The Bertz CT molecular complexity index is 758. The Morgan fingerprint density at radius 3 is 2.68 bits per heavy atom. The SMILES string of the molecule is O=C(NCCN1C(=O)c2cccc(Cl)c2C1=O)c1cccs1. The van der Waals surface area contributed by atoms with Crippen LogP contribution in [0, 0.1) is 0 Å². The molecule has 1 aromatic carbocycles. The van der Waals surface area contributed by atoms with Gasteiger partial charge in [-0.25, -0.2) is 0 Å². The highest BCUT2D eigenvalue weighted by atomic mass is 35.5. The highest BCUT2D eigenvalue weighted by Gasteiger charge is 2.36. The Morgan fingerprint density at radius 2 is 2.00 bits per heavy atom. The molecule has 3 rings (SSSR count). The van der Waals surface area contributed by atoms with E-state index in [9.17, 15) is 14.4 Å². The number of benzene rings is 1. The van der Waals surface area contributed by atoms with Crippen LogP contribution in [0.5, 0.6) is 0 Å². The number of nitrogens with zero attached hydrogens (tertiary/aromatic N) is 1. The summed E-state index contributed by atoms with van der Waals surface area (Å²) in [6.45, 7) is 0.305. The van der Waals surface area contributed by atoms with Crippen molar-refractivity contribution < 1.29 is 14.4 Å². The van der Waals surface area contributed by atoms with Gasteiger partial charge < -0.3 is 5.32 Å². The van der Waals surface area contributed by atoms with Gasteiger partial charge in [0.15, 0.2) is 0 Å². The lowest BCUT2D eigenvalue weighted by molar-refractivity contribution is 0.0650. The maximum absolute atomic E-state index is 12.2. The van der Waals surface area contributed by atoms with E-state index >= 15 is 0 Å². The van der Waals surface area contributed by atoms with Crippen LogP contribution in [0.4, 0.5) is 0 Å². The molecule has 112 valence electrons. The van der Waals surface area contributed by atoms with Gasteiger partial charge in [-0.15, -0.1) is 11.3 Å². The number of fused-ring (bicyclic) bond motifs is 1. The molecule has 0 bridgehead atoms. The standard InChI is InChI=1S/C15H11ClN2O3S/c16-10-4-1-3-9-12(10)15(21)18(14(9)20)7-6-17-13(19)11-5-2-8-22-11/h1-5,8H,6-7H2,(H,17,19). The molecule has 3 amide bonds. The zero-order chi connectivity index (χ0) is 15.7. The van der Waals surface area contributed by atoms with Crippen molar-refractivity contribution in [2.45, 2.75) is 0 Å². The van der Waals surface area contributed by atoms with Gasteiger partial charge in [-0.1, -0.05) is 23.7 Å². The second kappa shape index (κ2) is 5.90. The number of imide groups is 1. The van der Waals surface area contributed by atoms with Gasteiger partial charge in [0, 0.05) is 13.1 Å². The summed E-state index contributed by atoms with van der Waals surface area (Å²) >= 11 is 7.31. The monoisotopic (exact) mass is 334 g/mol. The summed E-state index contributed by atoms with van der Waals surface area (Å²) in [5.74, 6) is -1.02. The average molecular weight is 335 g/mol. The van der Waals surface area contributed by atoms with E-state index in [4.69, 9.17) is 11.6 Å². The summed E-state index contributed by atoms with van der Waals surface area (Å²) < 4.78 is 0. The van der Waals surface area contributed by atoms with Crippen LogP contribution in [0.15, 0.2) is 35.7 Å². The Morgan fingerprint density at radius 1 is 1.18 bits per heavy atom. The predicted octanol–water partition coefficient (Wildman–Crippen LogP) is 2.43. The fourth-order valence-electron chi connectivity index (χ4n) is 2.27. The van der Waals surface area contributed by atoms with Crippen LogP contribution >= 0.6 is 22.9 Å². The van der Waals surface area contributed by atoms with Crippen LogP contribution in [-0.2, 0) is 0 Å². The first kappa shape index (κ1) is 14.7. The lowest BCUT2D eigenvalue weighted by Gasteiger charge is -2.14. The van der Waals surface area contributed by atoms with Gasteiger partial charge in [-0.2, -0.15) is 0 Å². The molecule has 1 N–H and O–H groups in total. The minimum absolute atomic E-state index is 0.111. The van der Waals surface area contributed by atoms with Gasteiger partial charge in [-0.05, 0) is 23.6 Å². The topological polar surface area (TPSA) is 66.5 Å². The molecule has 1 aliphatic heterocycles. The minimum Gasteiger partial charge on any atom is -0.350 e. The van der Waals surface area contributed by atoms with Gasteiger partial charge in [0.2, 0.25) is 0 Å². The highest BCUT2D eigenvalue weighted by Crippen LogP contribution is 2.28. The number of thiophene rings is 1. The summed E-state index contributed by atoms with van der Waals surface area (Å²) in [7, 11) is 0. The van der Waals surface area contributed by atoms with Crippen molar-refractivity contribution in [3.63, 3.8) is 0 Å². The Kier molecular flexibility index (Phi) is 3.96. The molecule has 2 aromatic rings. The minimum atomic E-state index is -0.420. The van der Waals surface area contributed by atoms with E-state index in [-0.39, 0.29) is 35.5 Å². The van der Waals surface area contributed by atoms with E-state index in [1.54, 1.807) is 35.7 Å². The van der Waals surface area contributed by atoms with Gasteiger partial charge in [0.25, 0.3) is 17.7 Å². The zero-order valence-electron chi connectivity index (χ0n) is 11.3. The number of hydrogen-bond donors (Lipinski definition) is 1. The number of hydrogen-bond acceptors (Lipinski definition) is 4.